The lowest BCUT2D eigenvalue weighted by Crippen LogP contribution is -2.72. The summed E-state index contributed by atoms with van der Waals surface area (Å²) >= 11 is 6.84. The lowest BCUT2D eigenvalue weighted by atomic mass is 9.57. The van der Waals surface area contributed by atoms with Crippen LogP contribution in [0.3, 0.4) is 0 Å². The van der Waals surface area contributed by atoms with Crippen LogP contribution in [0.4, 0.5) is 0 Å². The molecular weight excluding hydrogens is 684 g/mol. The van der Waals surface area contributed by atoms with Crippen LogP contribution in [0.5, 0.6) is 0 Å². The van der Waals surface area contributed by atoms with Crippen molar-refractivity contribution in [3.05, 3.63) is 80.8 Å². The van der Waals surface area contributed by atoms with E-state index in [4.69, 9.17) is 28.7 Å². The SMILES string of the molecule is C[C@@H]1[C@H](OC(=O)/C=C/c2ccc(Br)cc2)C[C@H]2[C@@H](C)[C@H](OC(=O)/C=C/c3ccc(Br)cc3)O[C@@H]3O[C@@]4(C)CC[C@@H]1[C@]32OO4. The van der Waals surface area contributed by atoms with Gasteiger partial charge in [0.2, 0.25) is 12.1 Å². The second-order valence-corrected chi connectivity index (χ2v) is 13.8. The Morgan fingerprint density at radius 3 is 2.02 bits per heavy atom. The van der Waals surface area contributed by atoms with Gasteiger partial charge in [-0.25, -0.2) is 19.4 Å². The molecule has 2 bridgehead atoms. The van der Waals surface area contributed by atoms with Crippen molar-refractivity contribution in [2.45, 2.75) is 70.1 Å². The summed E-state index contributed by atoms with van der Waals surface area (Å²) in [6.07, 6.45) is 5.99. The van der Waals surface area contributed by atoms with Crippen LogP contribution in [0.2, 0.25) is 0 Å². The molecule has 1 saturated carbocycles. The number of carbonyl (C=O) groups excluding carboxylic acids is 2. The van der Waals surface area contributed by atoms with Crippen LogP contribution in [-0.2, 0) is 38.3 Å². The molecule has 0 radical (unpaired) electrons. The van der Waals surface area contributed by atoms with Crippen molar-refractivity contribution in [1.82, 2.24) is 0 Å². The van der Waals surface area contributed by atoms with Gasteiger partial charge in [0.25, 0.3) is 0 Å². The van der Waals surface area contributed by atoms with E-state index in [0.29, 0.717) is 12.8 Å². The third-order valence-electron chi connectivity index (χ3n) is 9.25. The molecule has 4 heterocycles. The molecule has 2 aromatic rings. The van der Waals surface area contributed by atoms with Gasteiger partial charge < -0.3 is 18.9 Å². The summed E-state index contributed by atoms with van der Waals surface area (Å²) in [6.45, 7) is 5.87. The molecule has 4 saturated heterocycles. The van der Waals surface area contributed by atoms with Crippen molar-refractivity contribution in [3.63, 3.8) is 0 Å². The minimum absolute atomic E-state index is 0.0554. The van der Waals surface area contributed by atoms with Gasteiger partial charge in [-0.2, -0.15) is 0 Å². The van der Waals surface area contributed by atoms with Gasteiger partial charge in [0.05, 0.1) is 0 Å². The van der Waals surface area contributed by atoms with Gasteiger partial charge in [-0.3, -0.25) is 0 Å². The number of rotatable bonds is 6. The summed E-state index contributed by atoms with van der Waals surface area (Å²) in [5.41, 5.74) is 0.830. The van der Waals surface area contributed by atoms with E-state index in [1.54, 1.807) is 12.2 Å². The molecule has 1 aliphatic carbocycles. The van der Waals surface area contributed by atoms with Crippen LogP contribution in [0.1, 0.15) is 51.2 Å². The predicted octanol–water partition coefficient (Wildman–Crippen LogP) is 7.21. The smallest absolute Gasteiger partial charge is 0.333 e. The van der Waals surface area contributed by atoms with E-state index in [-0.39, 0.29) is 29.8 Å². The Hall–Kier alpha value is -2.34. The highest BCUT2D eigenvalue weighted by atomic mass is 79.9. The normalized spacial score (nSPS) is 36.7. The standard InChI is InChI=1S/C33H34Br2O8/c1-19-25-16-17-32(3)41-31-33(25,43-42-32)26(18-27(19)38-28(36)14-8-21-4-10-23(34)11-5-21)20(2)30(40-31)39-29(37)15-9-22-6-12-24(35)13-7-22/h4-15,19-20,25-27,30-31H,16-18H2,1-3H3/b14-8+,15-9+/t19-,20+,25-,26-,27+,30+,31+,32+,33+/m0/s1. The summed E-state index contributed by atoms with van der Waals surface area (Å²) < 4.78 is 26.6. The fraction of sp³-hybridized carbons (Fsp3) is 0.455. The number of fused-ring (bicyclic) bond motifs is 2. The Bertz CT molecular complexity index is 1410. The average molecular weight is 718 g/mol. The number of benzene rings is 2. The first-order valence-corrected chi connectivity index (χ1v) is 16.1. The molecule has 1 spiro atoms. The highest BCUT2D eigenvalue weighted by molar-refractivity contribution is 9.10. The van der Waals surface area contributed by atoms with E-state index < -0.39 is 35.9 Å². The van der Waals surface area contributed by atoms with Crippen LogP contribution in [0, 0.1) is 23.7 Å². The van der Waals surface area contributed by atoms with Gasteiger partial charge in [0, 0.05) is 45.3 Å². The summed E-state index contributed by atoms with van der Waals surface area (Å²) in [7, 11) is 0. The molecule has 2 aromatic carbocycles. The van der Waals surface area contributed by atoms with Gasteiger partial charge in [-0.15, -0.1) is 0 Å². The van der Waals surface area contributed by atoms with E-state index in [9.17, 15) is 9.59 Å². The molecule has 10 heteroatoms. The molecule has 228 valence electrons. The quantitative estimate of drug-likeness (QED) is 0.176. The van der Waals surface area contributed by atoms with Crippen LogP contribution in [-0.4, -0.2) is 42.0 Å². The first-order chi connectivity index (χ1) is 20.6. The Kier molecular flexibility index (Phi) is 8.71. The van der Waals surface area contributed by atoms with Crippen LogP contribution in [0.15, 0.2) is 69.6 Å². The van der Waals surface area contributed by atoms with E-state index in [1.807, 2.05) is 62.4 Å². The maximum Gasteiger partial charge on any atom is 0.333 e. The second kappa shape index (κ2) is 12.2. The third-order valence-corrected chi connectivity index (χ3v) is 10.3. The Morgan fingerprint density at radius 2 is 1.42 bits per heavy atom. The molecule has 0 amide bonds. The first-order valence-electron chi connectivity index (χ1n) is 14.5. The lowest BCUT2D eigenvalue weighted by Gasteiger charge is -2.60. The summed E-state index contributed by atoms with van der Waals surface area (Å²) in [4.78, 5) is 38.1. The fourth-order valence-corrected chi connectivity index (χ4v) is 7.44. The van der Waals surface area contributed by atoms with Crippen molar-refractivity contribution in [2.24, 2.45) is 23.7 Å². The molecule has 8 nitrogen and oxygen atoms in total. The molecule has 5 aliphatic rings. The molecule has 43 heavy (non-hydrogen) atoms. The second-order valence-electron chi connectivity index (χ2n) is 12.0. The molecule has 9 atom stereocenters. The molecule has 5 fully saturated rings. The number of carbonyl (C=O) groups is 2. The zero-order valence-corrected chi connectivity index (χ0v) is 27.3. The van der Waals surface area contributed by atoms with Gasteiger partial charge >= 0.3 is 11.9 Å². The minimum atomic E-state index is -1.01. The topological polar surface area (TPSA) is 89.5 Å². The molecular formula is C33H34Br2O8. The maximum absolute atomic E-state index is 13.0. The first kappa shape index (κ1) is 30.7. The van der Waals surface area contributed by atoms with Crippen LogP contribution < -0.4 is 0 Å². The number of hydrogen-bond acceptors (Lipinski definition) is 8. The number of hydrogen-bond donors (Lipinski definition) is 0. The predicted molar refractivity (Wildman–Crippen MR) is 165 cm³/mol. The molecule has 0 unspecified atom stereocenters. The molecule has 4 aliphatic heterocycles. The monoisotopic (exact) mass is 716 g/mol. The molecule has 0 aromatic heterocycles. The summed E-state index contributed by atoms with van der Waals surface area (Å²) in [5.74, 6) is -2.62. The largest absolute Gasteiger partial charge is 0.459 e. The van der Waals surface area contributed by atoms with Gasteiger partial charge in [0.15, 0.2) is 11.9 Å². The Morgan fingerprint density at radius 1 is 0.837 bits per heavy atom. The average Bonchev–Trinajstić information content (AvgIpc) is 3.21. The van der Waals surface area contributed by atoms with E-state index >= 15 is 0 Å². The van der Waals surface area contributed by atoms with Crippen molar-refractivity contribution in [3.8, 4) is 0 Å². The van der Waals surface area contributed by atoms with E-state index in [2.05, 4.69) is 38.8 Å². The maximum atomic E-state index is 13.0. The zero-order valence-electron chi connectivity index (χ0n) is 24.1. The van der Waals surface area contributed by atoms with Crippen molar-refractivity contribution in [2.75, 3.05) is 0 Å². The van der Waals surface area contributed by atoms with Crippen LogP contribution in [0.25, 0.3) is 12.2 Å². The van der Waals surface area contributed by atoms with Gasteiger partial charge in [0.1, 0.15) is 6.10 Å². The molecule has 7 rings (SSSR count). The highest BCUT2D eigenvalue weighted by Crippen LogP contribution is 2.61. The summed E-state index contributed by atoms with van der Waals surface area (Å²) in [5, 5.41) is 0. The fourth-order valence-electron chi connectivity index (χ4n) is 6.92. The minimum Gasteiger partial charge on any atom is -0.459 e. The van der Waals surface area contributed by atoms with E-state index in [1.165, 1.54) is 12.2 Å². The van der Waals surface area contributed by atoms with Gasteiger partial charge in [-0.05, 0) is 73.2 Å². The highest BCUT2D eigenvalue weighted by Gasteiger charge is 2.71. The van der Waals surface area contributed by atoms with Crippen molar-refractivity contribution >= 4 is 56.0 Å². The van der Waals surface area contributed by atoms with Gasteiger partial charge in [-0.1, -0.05) is 70.0 Å². The van der Waals surface area contributed by atoms with Crippen molar-refractivity contribution < 1.29 is 38.3 Å². The van der Waals surface area contributed by atoms with E-state index in [0.717, 1.165) is 26.5 Å². The lowest BCUT2D eigenvalue weighted by molar-refractivity contribution is -0.577. The Labute approximate surface area is 267 Å². The molecule has 0 N–H and O–H groups in total. The number of halogens is 2. The Balaban J connectivity index is 1.22. The summed E-state index contributed by atoms with van der Waals surface area (Å²) in [6, 6.07) is 15.3. The number of ether oxygens (including phenoxy) is 4. The zero-order chi connectivity index (χ0) is 30.4. The van der Waals surface area contributed by atoms with Crippen LogP contribution >= 0.6 is 31.9 Å². The van der Waals surface area contributed by atoms with Crippen molar-refractivity contribution in [1.29, 1.82) is 0 Å². The third kappa shape index (κ3) is 6.15. The number of esters is 2.